The number of rotatable bonds is 5. The molecule has 1 heterocycles. The van der Waals surface area contributed by atoms with Crippen molar-refractivity contribution in [3.05, 3.63) is 32.9 Å². The van der Waals surface area contributed by atoms with Crippen LogP contribution in [0.25, 0.3) is 0 Å². The van der Waals surface area contributed by atoms with E-state index in [1.807, 2.05) is 0 Å². The van der Waals surface area contributed by atoms with Gasteiger partial charge in [0.05, 0.1) is 6.20 Å². The maximum absolute atomic E-state index is 12.9. The first kappa shape index (κ1) is 19.1. The molecule has 0 saturated heterocycles. The van der Waals surface area contributed by atoms with Crippen LogP contribution in [0, 0.1) is 5.82 Å². The molecule has 0 aliphatic heterocycles. The zero-order valence-electron chi connectivity index (χ0n) is 12.9. The lowest BCUT2D eigenvalue weighted by Crippen LogP contribution is -2.40. The Hall–Kier alpha value is -1.92. The topological polar surface area (TPSA) is 84.0 Å². The Morgan fingerprint density at radius 2 is 1.86 bits per heavy atom. The summed E-state index contributed by atoms with van der Waals surface area (Å²) in [6.45, 7) is 6.73. The van der Waals surface area contributed by atoms with E-state index < -0.39 is 23.1 Å². The molecule has 0 aromatic carbocycles. The van der Waals surface area contributed by atoms with Crippen molar-refractivity contribution in [2.45, 2.75) is 52.9 Å². The molecule has 7 heteroatoms. The van der Waals surface area contributed by atoms with E-state index in [1.165, 1.54) is 6.42 Å². The van der Waals surface area contributed by atoms with E-state index in [2.05, 4.69) is 26.1 Å². The number of carbonyl (C=O) groups is 1. The quantitative estimate of drug-likeness (QED) is 0.818. The van der Waals surface area contributed by atoms with E-state index in [1.54, 1.807) is 4.98 Å². The summed E-state index contributed by atoms with van der Waals surface area (Å²) in [6.07, 6.45) is 5.76. The number of amides is 1. The summed E-state index contributed by atoms with van der Waals surface area (Å²) in [4.78, 5) is 35.3. The van der Waals surface area contributed by atoms with Crippen molar-refractivity contribution < 1.29 is 9.18 Å². The van der Waals surface area contributed by atoms with Crippen LogP contribution in [0.4, 0.5) is 9.18 Å². The Kier molecular flexibility index (Phi) is 9.83. The predicted molar refractivity (Wildman–Crippen MR) is 80.2 cm³/mol. The van der Waals surface area contributed by atoms with Crippen molar-refractivity contribution in [2.24, 2.45) is 0 Å². The first-order chi connectivity index (χ1) is 9.97. The Labute approximate surface area is 123 Å². The lowest BCUT2D eigenvalue weighted by Gasteiger charge is -2.06. The first-order valence-electron chi connectivity index (χ1n) is 7.27. The number of aromatic amines is 1. The van der Waals surface area contributed by atoms with E-state index in [0.29, 0.717) is 17.3 Å². The molecule has 1 amide bonds. The van der Waals surface area contributed by atoms with Crippen molar-refractivity contribution in [1.82, 2.24) is 14.9 Å². The molecule has 1 aromatic heterocycles. The Balaban J connectivity index is 0.00000122. The van der Waals surface area contributed by atoms with Gasteiger partial charge in [-0.25, -0.2) is 14.2 Å². The second-order valence-corrected chi connectivity index (χ2v) is 4.61. The van der Waals surface area contributed by atoms with Gasteiger partial charge in [-0.05, 0) is 6.42 Å². The number of carbonyl (C=O) groups excluding carboxylic acids is 1. The molecule has 0 radical (unpaired) electrons. The molecule has 0 aliphatic carbocycles. The maximum atomic E-state index is 12.9. The molecule has 1 rings (SSSR count). The third kappa shape index (κ3) is 7.43. The average molecular weight is 301 g/mol. The summed E-state index contributed by atoms with van der Waals surface area (Å²) in [5.74, 6) is -1.17. The van der Waals surface area contributed by atoms with Crippen LogP contribution in [0.1, 0.15) is 52.9 Å². The highest BCUT2D eigenvalue weighted by Gasteiger charge is 2.09. The second-order valence-electron chi connectivity index (χ2n) is 4.61. The van der Waals surface area contributed by atoms with Gasteiger partial charge in [0, 0.05) is 6.54 Å². The summed E-state index contributed by atoms with van der Waals surface area (Å²) in [6, 6.07) is -0.744. The normalized spacial score (nSPS) is 9.71. The van der Waals surface area contributed by atoms with Crippen LogP contribution in [-0.4, -0.2) is 22.1 Å². The van der Waals surface area contributed by atoms with Gasteiger partial charge >= 0.3 is 11.7 Å². The van der Waals surface area contributed by atoms with Crippen LogP contribution < -0.4 is 16.6 Å². The van der Waals surface area contributed by atoms with Gasteiger partial charge in [0.25, 0.3) is 5.56 Å². The molecular formula is C14H24FN3O3. The molecular weight excluding hydrogens is 277 g/mol. The predicted octanol–water partition coefficient (Wildman–Crippen LogP) is 2.23. The maximum Gasteiger partial charge on any atom is 0.336 e. The highest BCUT2D eigenvalue weighted by atomic mass is 19.1. The van der Waals surface area contributed by atoms with Gasteiger partial charge in [-0.1, -0.05) is 46.5 Å². The smallest absolute Gasteiger partial charge is 0.336 e. The van der Waals surface area contributed by atoms with Gasteiger partial charge in [-0.2, -0.15) is 4.39 Å². The van der Waals surface area contributed by atoms with Gasteiger partial charge in [0.15, 0.2) is 0 Å². The molecule has 0 unspecified atom stereocenters. The fourth-order valence-electron chi connectivity index (χ4n) is 1.43. The lowest BCUT2D eigenvalue weighted by atomic mass is 10.2. The molecule has 6 nitrogen and oxygen atoms in total. The molecule has 1 aromatic rings. The minimum atomic E-state index is -1.17. The van der Waals surface area contributed by atoms with Crippen LogP contribution in [0.2, 0.25) is 0 Å². The van der Waals surface area contributed by atoms with E-state index in [9.17, 15) is 18.8 Å². The van der Waals surface area contributed by atoms with Crippen molar-refractivity contribution in [3.63, 3.8) is 0 Å². The molecule has 0 bridgehead atoms. The van der Waals surface area contributed by atoms with Gasteiger partial charge < -0.3 is 5.32 Å². The standard InChI is InChI=1S/C11H16FN3O3.C3H8/c1-2-3-4-5-6-13-10(17)15-7-8(12)9(16)14-11(15)18;1-3-2/h7H,2-6H2,1H3,(H,13,17)(H,14,16,18);3H2,1-2H3. The van der Waals surface area contributed by atoms with Gasteiger partial charge in [-0.3, -0.25) is 9.78 Å². The summed E-state index contributed by atoms with van der Waals surface area (Å²) in [5.41, 5.74) is -2.08. The number of H-pyrrole nitrogens is 1. The molecule has 0 fully saturated rings. The molecule has 0 saturated carbocycles. The van der Waals surface area contributed by atoms with Crippen molar-refractivity contribution in [2.75, 3.05) is 6.54 Å². The average Bonchev–Trinajstić information content (AvgIpc) is 2.43. The summed E-state index contributed by atoms with van der Waals surface area (Å²) >= 11 is 0. The van der Waals surface area contributed by atoms with Crippen LogP contribution in [0.5, 0.6) is 0 Å². The van der Waals surface area contributed by atoms with Crippen LogP contribution >= 0.6 is 0 Å². The van der Waals surface area contributed by atoms with Gasteiger partial charge in [0.2, 0.25) is 5.82 Å². The third-order valence-corrected chi connectivity index (χ3v) is 2.42. The summed E-state index contributed by atoms with van der Waals surface area (Å²) < 4.78 is 13.4. The number of hydrogen-bond acceptors (Lipinski definition) is 3. The van der Waals surface area contributed by atoms with Crippen LogP contribution in [-0.2, 0) is 0 Å². The fourth-order valence-corrected chi connectivity index (χ4v) is 1.43. The summed E-state index contributed by atoms with van der Waals surface area (Å²) in [7, 11) is 0. The van der Waals surface area contributed by atoms with E-state index in [-0.39, 0.29) is 0 Å². The number of nitrogens with one attached hydrogen (secondary N) is 2. The molecule has 120 valence electrons. The largest absolute Gasteiger partial charge is 0.337 e. The highest BCUT2D eigenvalue weighted by Crippen LogP contribution is 1.97. The first-order valence-corrected chi connectivity index (χ1v) is 7.27. The Bertz CT molecular complexity index is 537. The minimum Gasteiger partial charge on any atom is -0.337 e. The monoisotopic (exact) mass is 301 g/mol. The zero-order valence-corrected chi connectivity index (χ0v) is 12.9. The fraction of sp³-hybridized carbons (Fsp3) is 0.643. The number of aromatic nitrogens is 2. The zero-order chi connectivity index (χ0) is 16.3. The van der Waals surface area contributed by atoms with Crippen molar-refractivity contribution in [3.8, 4) is 0 Å². The summed E-state index contributed by atoms with van der Waals surface area (Å²) in [5, 5.41) is 2.48. The molecule has 21 heavy (non-hydrogen) atoms. The van der Waals surface area contributed by atoms with Crippen molar-refractivity contribution in [1.29, 1.82) is 0 Å². The SMILES string of the molecule is CCC.CCCCCCNC(=O)n1cc(F)c(=O)[nH]c1=O. The van der Waals surface area contributed by atoms with Gasteiger partial charge in [0.1, 0.15) is 0 Å². The van der Waals surface area contributed by atoms with Crippen molar-refractivity contribution >= 4 is 6.03 Å². The number of halogens is 1. The van der Waals surface area contributed by atoms with E-state index in [4.69, 9.17) is 0 Å². The lowest BCUT2D eigenvalue weighted by molar-refractivity contribution is 0.240. The second kappa shape index (κ2) is 10.8. The van der Waals surface area contributed by atoms with Gasteiger partial charge in [-0.15, -0.1) is 0 Å². The van der Waals surface area contributed by atoms with Crippen LogP contribution in [0.3, 0.4) is 0 Å². The molecule has 0 atom stereocenters. The minimum absolute atomic E-state index is 0.409. The van der Waals surface area contributed by atoms with E-state index >= 15 is 0 Å². The third-order valence-electron chi connectivity index (χ3n) is 2.42. The highest BCUT2D eigenvalue weighted by molar-refractivity contribution is 5.76. The number of nitrogens with zero attached hydrogens (tertiary/aromatic N) is 1. The number of hydrogen-bond donors (Lipinski definition) is 2. The molecule has 0 aliphatic rings. The van der Waals surface area contributed by atoms with Crippen LogP contribution in [0.15, 0.2) is 15.8 Å². The molecule has 0 spiro atoms. The Morgan fingerprint density at radius 1 is 1.24 bits per heavy atom. The Morgan fingerprint density at radius 3 is 2.43 bits per heavy atom. The van der Waals surface area contributed by atoms with E-state index in [0.717, 1.165) is 25.7 Å². The number of unbranched alkanes of at least 4 members (excludes halogenated alkanes) is 3. The molecule has 2 N–H and O–H groups in total.